The molecule has 80 valence electrons. The number of benzene rings is 1. The first kappa shape index (κ1) is 10.9. The van der Waals surface area contributed by atoms with Crippen molar-refractivity contribution in [1.82, 2.24) is 0 Å². The van der Waals surface area contributed by atoms with Gasteiger partial charge in [-0.25, -0.2) is 0 Å². The van der Waals surface area contributed by atoms with Gasteiger partial charge in [-0.2, -0.15) is 0 Å². The maximum Gasteiger partial charge on any atom is 0.0852 e. The van der Waals surface area contributed by atoms with E-state index >= 15 is 0 Å². The Hall–Kier alpha value is -0.600. The van der Waals surface area contributed by atoms with Crippen LogP contribution < -0.4 is 0 Å². The Bertz CT molecular complexity index is 342. The standard InChI is InChI=1S/C13H15BrO/c14-12-8-6-11(7-9-12)13(15)10-4-2-1-3-5-10/h2,4,6-10,13,15H,1,3,5H2. The quantitative estimate of drug-likeness (QED) is 0.807. The number of aliphatic hydroxyl groups excluding tert-OH is 1. The summed E-state index contributed by atoms with van der Waals surface area (Å²) in [4.78, 5) is 0. The van der Waals surface area contributed by atoms with Crippen LogP contribution in [0.5, 0.6) is 0 Å². The Labute approximate surface area is 99.0 Å². The van der Waals surface area contributed by atoms with E-state index in [1.165, 1.54) is 6.42 Å². The van der Waals surface area contributed by atoms with Gasteiger partial charge in [0.25, 0.3) is 0 Å². The van der Waals surface area contributed by atoms with Gasteiger partial charge < -0.3 is 5.11 Å². The second-order valence-corrected chi connectivity index (χ2v) is 4.93. The van der Waals surface area contributed by atoms with Gasteiger partial charge in [0.2, 0.25) is 0 Å². The van der Waals surface area contributed by atoms with Crippen molar-refractivity contribution in [3.8, 4) is 0 Å². The molecule has 1 nitrogen and oxygen atoms in total. The van der Waals surface area contributed by atoms with Crippen LogP contribution in [0.25, 0.3) is 0 Å². The Kier molecular flexibility index (Phi) is 3.60. The first-order valence-electron chi connectivity index (χ1n) is 5.37. The van der Waals surface area contributed by atoms with Gasteiger partial charge in [-0.15, -0.1) is 0 Å². The third-order valence-electron chi connectivity index (χ3n) is 2.91. The lowest BCUT2D eigenvalue weighted by molar-refractivity contribution is 0.123. The van der Waals surface area contributed by atoms with Crippen molar-refractivity contribution < 1.29 is 5.11 Å². The van der Waals surface area contributed by atoms with Crippen LogP contribution in [0.3, 0.4) is 0 Å². The van der Waals surface area contributed by atoms with Crippen molar-refractivity contribution >= 4 is 15.9 Å². The fourth-order valence-electron chi connectivity index (χ4n) is 2.01. The fraction of sp³-hybridized carbons (Fsp3) is 0.385. The molecule has 0 spiro atoms. The number of allylic oxidation sites excluding steroid dienone is 1. The summed E-state index contributed by atoms with van der Waals surface area (Å²) in [5, 5.41) is 10.2. The predicted octanol–water partition coefficient (Wildman–Crippen LogP) is 3.84. The first-order valence-corrected chi connectivity index (χ1v) is 6.17. The first-order chi connectivity index (χ1) is 7.27. The molecule has 0 heterocycles. The highest BCUT2D eigenvalue weighted by molar-refractivity contribution is 9.10. The fourth-order valence-corrected chi connectivity index (χ4v) is 2.27. The van der Waals surface area contributed by atoms with Crippen molar-refractivity contribution in [2.75, 3.05) is 0 Å². The van der Waals surface area contributed by atoms with E-state index in [2.05, 4.69) is 28.1 Å². The van der Waals surface area contributed by atoms with Crippen LogP contribution >= 0.6 is 15.9 Å². The minimum absolute atomic E-state index is 0.292. The molecule has 1 aromatic rings. The molecular weight excluding hydrogens is 252 g/mol. The molecule has 0 saturated carbocycles. The maximum absolute atomic E-state index is 10.2. The van der Waals surface area contributed by atoms with Crippen LogP contribution in [-0.2, 0) is 0 Å². The van der Waals surface area contributed by atoms with Crippen molar-refractivity contribution in [2.45, 2.75) is 25.4 Å². The molecule has 2 atom stereocenters. The molecule has 0 saturated heterocycles. The third kappa shape index (κ3) is 2.70. The molecule has 0 amide bonds. The zero-order valence-corrected chi connectivity index (χ0v) is 10.2. The molecule has 1 aromatic carbocycles. The number of aliphatic hydroxyl groups is 1. The van der Waals surface area contributed by atoms with Crippen LogP contribution in [0.1, 0.15) is 30.9 Å². The van der Waals surface area contributed by atoms with Crippen molar-refractivity contribution in [3.05, 3.63) is 46.5 Å². The molecular formula is C13H15BrO. The summed E-state index contributed by atoms with van der Waals surface area (Å²) in [6.07, 6.45) is 7.41. The Morgan fingerprint density at radius 2 is 2.00 bits per heavy atom. The third-order valence-corrected chi connectivity index (χ3v) is 3.44. The molecule has 0 bridgehead atoms. The van der Waals surface area contributed by atoms with E-state index < -0.39 is 0 Å². The highest BCUT2D eigenvalue weighted by Crippen LogP contribution is 2.30. The van der Waals surface area contributed by atoms with Gasteiger partial charge in [0.15, 0.2) is 0 Å². The molecule has 0 radical (unpaired) electrons. The molecule has 1 N–H and O–H groups in total. The van der Waals surface area contributed by atoms with Gasteiger partial charge in [-0.1, -0.05) is 40.2 Å². The number of hydrogen-bond acceptors (Lipinski definition) is 1. The summed E-state index contributed by atoms with van der Waals surface area (Å²) >= 11 is 3.39. The van der Waals surface area contributed by atoms with Gasteiger partial charge in [0.05, 0.1) is 6.10 Å². The summed E-state index contributed by atoms with van der Waals surface area (Å²) in [5.41, 5.74) is 1.01. The summed E-state index contributed by atoms with van der Waals surface area (Å²) < 4.78 is 1.05. The number of rotatable bonds is 2. The van der Waals surface area contributed by atoms with Gasteiger partial charge in [0, 0.05) is 10.4 Å². The van der Waals surface area contributed by atoms with Crippen LogP contribution in [0.4, 0.5) is 0 Å². The zero-order valence-electron chi connectivity index (χ0n) is 8.57. The monoisotopic (exact) mass is 266 g/mol. The van der Waals surface area contributed by atoms with Crippen molar-refractivity contribution in [2.24, 2.45) is 5.92 Å². The Morgan fingerprint density at radius 3 is 2.60 bits per heavy atom. The largest absolute Gasteiger partial charge is 0.388 e. The van der Waals surface area contributed by atoms with E-state index in [1.54, 1.807) is 0 Å². The Balaban J connectivity index is 2.12. The minimum Gasteiger partial charge on any atom is -0.388 e. The summed E-state index contributed by atoms with van der Waals surface area (Å²) in [7, 11) is 0. The number of hydrogen-bond donors (Lipinski definition) is 1. The molecule has 2 unspecified atom stereocenters. The van der Waals surface area contributed by atoms with E-state index in [-0.39, 0.29) is 6.10 Å². The molecule has 0 aromatic heterocycles. The lowest BCUT2D eigenvalue weighted by Crippen LogP contribution is -2.12. The molecule has 1 aliphatic rings. The summed E-state index contributed by atoms with van der Waals surface area (Å²) in [6.45, 7) is 0. The van der Waals surface area contributed by atoms with Crippen molar-refractivity contribution in [1.29, 1.82) is 0 Å². The smallest absolute Gasteiger partial charge is 0.0852 e. The SMILES string of the molecule is OC(c1ccc(Br)cc1)C1C=CCCC1. The zero-order chi connectivity index (χ0) is 10.7. The molecule has 2 heteroatoms. The predicted molar refractivity (Wildman–Crippen MR) is 65.6 cm³/mol. The second kappa shape index (κ2) is 4.95. The normalized spacial score (nSPS) is 22.7. The molecule has 1 aliphatic carbocycles. The van der Waals surface area contributed by atoms with E-state index in [1.807, 2.05) is 24.3 Å². The van der Waals surface area contributed by atoms with Crippen LogP contribution in [0.2, 0.25) is 0 Å². The van der Waals surface area contributed by atoms with E-state index in [0.717, 1.165) is 22.9 Å². The maximum atomic E-state index is 10.2. The molecule has 0 fully saturated rings. The topological polar surface area (TPSA) is 20.2 Å². The van der Waals surface area contributed by atoms with Crippen LogP contribution in [-0.4, -0.2) is 5.11 Å². The number of halogens is 1. The molecule has 0 aliphatic heterocycles. The minimum atomic E-state index is -0.352. The van der Waals surface area contributed by atoms with E-state index in [9.17, 15) is 5.11 Å². The van der Waals surface area contributed by atoms with E-state index in [4.69, 9.17) is 0 Å². The van der Waals surface area contributed by atoms with Crippen LogP contribution in [0, 0.1) is 5.92 Å². The van der Waals surface area contributed by atoms with Gasteiger partial charge >= 0.3 is 0 Å². The van der Waals surface area contributed by atoms with Gasteiger partial charge in [-0.3, -0.25) is 0 Å². The lowest BCUT2D eigenvalue weighted by atomic mass is 9.87. The molecule has 15 heavy (non-hydrogen) atoms. The van der Waals surface area contributed by atoms with Crippen molar-refractivity contribution in [3.63, 3.8) is 0 Å². The van der Waals surface area contributed by atoms with Gasteiger partial charge in [-0.05, 0) is 37.0 Å². The average Bonchev–Trinajstić information content (AvgIpc) is 2.30. The summed E-state index contributed by atoms with van der Waals surface area (Å²) in [6, 6.07) is 7.92. The highest BCUT2D eigenvalue weighted by Gasteiger charge is 2.19. The molecule has 2 rings (SSSR count). The average molecular weight is 267 g/mol. The van der Waals surface area contributed by atoms with Gasteiger partial charge in [0.1, 0.15) is 0 Å². The Morgan fingerprint density at radius 1 is 1.27 bits per heavy atom. The van der Waals surface area contributed by atoms with E-state index in [0.29, 0.717) is 5.92 Å². The highest BCUT2D eigenvalue weighted by atomic mass is 79.9. The lowest BCUT2D eigenvalue weighted by Gasteiger charge is -2.22. The summed E-state index contributed by atoms with van der Waals surface area (Å²) in [5.74, 6) is 0.292. The van der Waals surface area contributed by atoms with Crippen LogP contribution in [0.15, 0.2) is 40.9 Å². The second-order valence-electron chi connectivity index (χ2n) is 4.02.